The average Bonchev–Trinajstić information content (AvgIpc) is 2.85. The van der Waals surface area contributed by atoms with Crippen molar-refractivity contribution in [3.05, 3.63) is 34.9 Å². The molecule has 2 heterocycles. The van der Waals surface area contributed by atoms with Gasteiger partial charge in [0.1, 0.15) is 0 Å². The fourth-order valence-electron chi connectivity index (χ4n) is 1.65. The van der Waals surface area contributed by atoms with Crippen molar-refractivity contribution >= 4 is 11.3 Å². The highest BCUT2D eigenvalue weighted by Gasteiger charge is 2.03. The first-order valence-electron chi connectivity index (χ1n) is 5.89. The molecule has 2 aromatic heterocycles. The van der Waals surface area contributed by atoms with Gasteiger partial charge in [0, 0.05) is 23.3 Å². The molecule has 0 aliphatic rings. The molecule has 0 unspecified atom stereocenters. The summed E-state index contributed by atoms with van der Waals surface area (Å²) in [5.41, 5.74) is 2.15. The molecule has 0 radical (unpaired) electrons. The lowest BCUT2D eigenvalue weighted by Gasteiger charge is -1.97. The van der Waals surface area contributed by atoms with Crippen LogP contribution in [0.3, 0.4) is 0 Å². The third-order valence-corrected chi connectivity index (χ3v) is 3.49. The number of aryl methyl sites for hydroxylation is 1. The number of hydrogen-bond acceptors (Lipinski definition) is 4. The topological polar surface area (TPSA) is 37.8 Å². The van der Waals surface area contributed by atoms with Crippen molar-refractivity contribution in [1.29, 1.82) is 0 Å². The molecule has 0 aromatic carbocycles. The van der Waals surface area contributed by atoms with Crippen molar-refractivity contribution in [3.63, 3.8) is 0 Å². The average molecular weight is 247 g/mol. The summed E-state index contributed by atoms with van der Waals surface area (Å²) in [7, 11) is 1.99. The number of nitrogens with one attached hydrogen (secondary N) is 1. The number of unbranched alkanes of at least 4 members (excludes halogenated alkanes) is 1. The van der Waals surface area contributed by atoms with Gasteiger partial charge in [-0.05, 0) is 45.0 Å². The second kappa shape index (κ2) is 6.47. The van der Waals surface area contributed by atoms with E-state index < -0.39 is 0 Å². The fourth-order valence-corrected chi connectivity index (χ4v) is 2.50. The normalized spacial score (nSPS) is 10.6. The maximum absolute atomic E-state index is 4.64. The van der Waals surface area contributed by atoms with Crippen molar-refractivity contribution in [3.8, 4) is 11.3 Å². The number of pyridine rings is 1. The van der Waals surface area contributed by atoms with Gasteiger partial charge in [-0.2, -0.15) is 0 Å². The van der Waals surface area contributed by atoms with E-state index in [0.717, 1.165) is 24.2 Å². The summed E-state index contributed by atoms with van der Waals surface area (Å²) in [5, 5.41) is 6.50. The van der Waals surface area contributed by atoms with E-state index >= 15 is 0 Å². The molecule has 0 aliphatic carbocycles. The van der Waals surface area contributed by atoms with Crippen molar-refractivity contribution in [2.45, 2.75) is 19.3 Å². The van der Waals surface area contributed by atoms with Gasteiger partial charge in [-0.15, -0.1) is 11.3 Å². The van der Waals surface area contributed by atoms with E-state index in [1.54, 1.807) is 17.5 Å². The lowest BCUT2D eigenvalue weighted by molar-refractivity contribution is 0.676. The highest BCUT2D eigenvalue weighted by atomic mass is 32.1. The van der Waals surface area contributed by atoms with Crippen LogP contribution in [0.15, 0.2) is 29.9 Å². The van der Waals surface area contributed by atoms with E-state index in [-0.39, 0.29) is 0 Å². The number of thiazole rings is 1. The molecule has 3 nitrogen and oxygen atoms in total. The largest absolute Gasteiger partial charge is 0.320 e. The molecule has 0 atom stereocenters. The van der Waals surface area contributed by atoms with E-state index in [1.807, 2.05) is 25.4 Å². The summed E-state index contributed by atoms with van der Waals surface area (Å²) in [4.78, 5) is 8.75. The highest BCUT2D eigenvalue weighted by Crippen LogP contribution is 2.21. The highest BCUT2D eigenvalue weighted by molar-refractivity contribution is 7.09. The van der Waals surface area contributed by atoms with Crippen LogP contribution in [-0.2, 0) is 6.42 Å². The zero-order valence-corrected chi connectivity index (χ0v) is 10.8. The lowest BCUT2D eigenvalue weighted by Crippen LogP contribution is -2.07. The molecule has 1 N–H and O–H groups in total. The van der Waals surface area contributed by atoms with Gasteiger partial charge in [0.15, 0.2) is 0 Å². The second-order valence-electron chi connectivity index (χ2n) is 3.93. The van der Waals surface area contributed by atoms with E-state index in [4.69, 9.17) is 0 Å². The van der Waals surface area contributed by atoms with Crippen LogP contribution in [0, 0.1) is 0 Å². The van der Waals surface area contributed by atoms with Crippen LogP contribution in [0.25, 0.3) is 11.3 Å². The molecule has 0 saturated heterocycles. The van der Waals surface area contributed by atoms with E-state index in [0.29, 0.717) is 0 Å². The van der Waals surface area contributed by atoms with Crippen LogP contribution in [0.1, 0.15) is 17.8 Å². The van der Waals surface area contributed by atoms with Gasteiger partial charge in [-0.25, -0.2) is 4.98 Å². The predicted molar refractivity (Wildman–Crippen MR) is 72.2 cm³/mol. The quantitative estimate of drug-likeness (QED) is 0.798. The lowest BCUT2D eigenvalue weighted by atomic mass is 10.2. The second-order valence-corrected chi connectivity index (χ2v) is 4.87. The number of aromatic nitrogens is 2. The summed E-state index contributed by atoms with van der Waals surface area (Å²) in [6.45, 7) is 1.08. The third kappa shape index (κ3) is 3.61. The van der Waals surface area contributed by atoms with Crippen LogP contribution in [-0.4, -0.2) is 23.6 Å². The van der Waals surface area contributed by atoms with E-state index in [2.05, 4.69) is 20.7 Å². The number of hydrogen-bond donors (Lipinski definition) is 1. The predicted octanol–water partition coefficient (Wildman–Crippen LogP) is 2.75. The number of rotatable bonds is 6. The van der Waals surface area contributed by atoms with Gasteiger partial charge in [-0.1, -0.05) is 0 Å². The first kappa shape index (κ1) is 12.2. The zero-order chi connectivity index (χ0) is 11.9. The maximum Gasteiger partial charge on any atom is 0.0932 e. The first-order chi connectivity index (χ1) is 8.40. The molecule has 0 fully saturated rings. The van der Waals surface area contributed by atoms with Crippen LogP contribution in [0.5, 0.6) is 0 Å². The van der Waals surface area contributed by atoms with Gasteiger partial charge in [0.2, 0.25) is 0 Å². The molecule has 2 rings (SSSR count). The summed E-state index contributed by atoms with van der Waals surface area (Å²) < 4.78 is 0. The van der Waals surface area contributed by atoms with Crippen molar-refractivity contribution in [2.24, 2.45) is 0 Å². The van der Waals surface area contributed by atoms with E-state index in [9.17, 15) is 0 Å². The molecule has 0 bridgehead atoms. The summed E-state index contributed by atoms with van der Waals surface area (Å²) in [5.74, 6) is 0. The van der Waals surface area contributed by atoms with Gasteiger partial charge in [-0.3, -0.25) is 4.98 Å². The molecular weight excluding hydrogens is 230 g/mol. The Morgan fingerprint density at radius 1 is 1.35 bits per heavy atom. The molecule has 0 aliphatic heterocycles. The zero-order valence-electron chi connectivity index (χ0n) is 10.0. The Balaban J connectivity index is 1.92. The molecule has 0 saturated carbocycles. The minimum absolute atomic E-state index is 1.05. The molecule has 17 heavy (non-hydrogen) atoms. The Morgan fingerprint density at radius 3 is 3.06 bits per heavy atom. The van der Waals surface area contributed by atoms with Gasteiger partial charge >= 0.3 is 0 Å². The molecule has 0 amide bonds. The Kier molecular flexibility index (Phi) is 4.64. The summed E-state index contributed by atoms with van der Waals surface area (Å²) in [6, 6.07) is 3.99. The minimum atomic E-state index is 1.05. The fraction of sp³-hybridized carbons (Fsp3) is 0.385. The summed E-state index contributed by atoms with van der Waals surface area (Å²) in [6.07, 6.45) is 7.13. The molecule has 4 heteroatoms. The minimum Gasteiger partial charge on any atom is -0.320 e. The van der Waals surface area contributed by atoms with Crippen LogP contribution < -0.4 is 5.32 Å². The van der Waals surface area contributed by atoms with Crippen LogP contribution in [0.4, 0.5) is 0 Å². The monoisotopic (exact) mass is 247 g/mol. The summed E-state index contributed by atoms with van der Waals surface area (Å²) >= 11 is 1.74. The third-order valence-electron chi connectivity index (χ3n) is 2.58. The van der Waals surface area contributed by atoms with Gasteiger partial charge < -0.3 is 5.32 Å². The Hall–Kier alpha value is -1.26. The molecular formula is C13H17N3S. The Bertz CT molecular complexity index is 439. The van der Waals surface area contributed by atoms with Gasteiger partial charge in [0.05, 0.1) is 10.7 Å². The Labute approximate surface area is 106 Å². The molecule has 90 valence electrons. The standard InChI is InChI=1S/C13H17N3S/c1-14-7-3-2-6-13-16-12(10-17-13)11-5-4-8-15-9-11/h4-5,8-10,14H,2-3,6-7H2,1H3. The number of nitrogens with zero attached hydrogens (tertiary/aromatic N) is 2. The smallest absolute Gasteiger partial charge is 0.0932 e. The van der Waals surface area contributed by atoms with Crippen molar-refractivity contribution in [2.75, 3.05) is 13.6 Å². The maximum atomic E-state index is 4.64. The molecule has 2 aromatic rings. The van der Waals surface area contributed by atoms with Gasteiger partial charge in [0.25, 0.3) is 0 Å². The Morgan fingerprint density at radius 2 is 2.29 bits per heavy atom. The van der Waals surface area contributed by atoms with Crippen LogP contribution >= 0.6 is 11.3 Å². The molecule has 0 spiro atoms. The van der Waals surface area contributed by atoms with Crippen molar-refractivity contribution < 1.29 is 0 Å². The van der Waals surface area contributed by atoms with E-state index in [1.165, 1.54) is 17.8 Å². The van der Waals surface area contributed by atoms with Crippen molar-refractivity contribution in [1.82, 2.24) is 15.3 Å². The first-order valence-corrected chi connectivity index (χ1v) is 6.77. The SMILES string of the molecule is CNCCCCc1nc(-c2cccnc2)cs1. The van der Waals surface area contributed by atoms with Crippen LogP contribution in [0.2, 0.25) is 0 Å².